The van der Waals surface area contributed by atoms with Crippen molar-refractivity contribution in [1.82, 2.24) is 9.88 Å². The molecule has 2 aromatic rings. The number of carbonyl (C=O) groups is 2. The van der Waals surface area contributed by atoms with Crippen LogP contribution in [-0.2, 0) is 16.6 Å². The molecule has 0 saturated heterocycles. The van der Waals surface area contributed by atoms with E-state index < -0.39 is 5.97 Å². The largest absolute Gasteiger partial charge is 0.486 e. The van der Waals surface area contributed by atoms with Crippen LogP contribution in [0.4, 0.5) is 0 Å². The molecule has 1 amide bonds. The summed E-state index contributed by atoms with van der Waals surface area (Å²) < 4.78 is 17.7. The second-order valence-corrected chi connectivity index (χ2v) is 5.77. The molecule has 0 radical (unpaired) electrons. The van der Waals surface area contributed by atoms with Crippen LogP contribution in [-0.4, -0.2) is 36.3 Å². The van der Waals surface area contributed by atoms with Crippen molar-refractivity contribution in [3.05, 3.63) is 47.8 Å². The Hall–Kier alpha value is -2.96. The number of benzene rings is 1. The third-order valence-electron chi connectivity index (χ3n) is 3.93. The zero-order chi connectivity index (χ0) is 17.8. The Bertz CT molecular complexity index is 784. The molecular formula is C18H20N2O5. The van der Waals surface area contributed by atoms with Gasteiger partial charge in [0.25, 0.3) is 5.91 Å². The van der Waals surface area contributed by atoms with Crippen LogP contribution in [0.15, 0.2) is 36.5 Å². The minimum absolute atomic E-state index is 0.253. The van der Waals surface area contributed by atoms with E-state index in [0.717, 1.165) is 5.56 Å². The van der Waals surface area contributed by atoms with Crippen molar-refractivity contribution >= 4 is 11.9 Å². The van der Waals surface area contributed by atoms with Crippen molar-refractivity contribution < 1.29 is 23.8 Å². The predicted octanol–water partition coefficient (Wildman–Crippen LogP) is 1.83. The van der Waals surface area contributed by atoms with Gasteiger partial charge in [0.2, 0.25) is 0 Å². The first kappa shape index (κ1) is 16.9. The van der Waals surface area contributed by atoms with Gasteiger partial charge in [-0.05, 0) is 36.8 Å². The van der Waals surface area contributed by atoms with E-state index in [1.165, 1.54) is 0 Å². The number of esters is 1. The van der Waals surface area contributed by atoms with Gasteiger partial charge in [0, 0.05) is 13.2 Å². The maximum Gasteiger partial charge on any atom is 0.355 e. The number of nitrogens with zero attached hydrogens (tertiary/aromatic N) is 1. The van der Waals surface area contributed by atoms with Crippen LogP contribution in [0.2, 0.25) is 0 Å². The van der Waals surface area contributed by atoms with Crippen LogP contribution < -0.4 is 14.8 Å². The van der Waals surface area contributed by atoms with Gasteiger partial charge >= 0.3 is 5.97 Å². The zero-order valence-electron chi connectivity index (χ0n) is 14.2. The van der Waals surface area contributed by atoms with Crippen molar-refractivity contribution in [2.24, 2.45) is 7.05 Å². The zero-order valence-corrected chi connectivity index (χ0v) is 14.2. The molecule has 1 atom stereocenters. The quantitative estimate of drug-likeness (QED) is 0.837. The van der Waals surface area contributed by atoms with E-state index in [9.17, 15) is 9.59 Å². The standard InChI is InChI=1S/C18H20N2O5/c1-12(13-5-6-15-16(10-13)24-9-8-23-15)19-17(21)11-25-18(22)14-4-3-7-20(14)2/h3-7,10,12H,8-9,11H2,1-2H3,(H,19,21)/t12-/m1/s1. The highest BCUT2D eigenvalue weighted by atomic mass is 16.6. The molecule has 1 aliphatic rings. The Morgan fingerprint density at radius 2 is 2.00 bits per heavy atom. The van der Waals surface area contributed by atoms with E-state index in [2.05, 4.69) is 5.32 Å². The number of aryl methyl sites for hydroxylation is 1. The second kappa shape index (κ2) is 7.29. The highest BCUT2D eigenvalue weighted by Crippen LogP contribution is 2.32. The Labute approximate surface area is 145 Å². The van der Waals surface area contributed by atoms with Crippen molar-refractivity contribution in [2.75, 3.05) is 19.8 Å². The molecule has 3 rings (SSSR count). The third kappa shape index (κ3) is 3.93. The van der Waals surface area contributed by atoms with E-state index in [4.69, 9.17) is 14.2 Å². The van der Waals surface area contributed by atoms with E-state index in [-0.39, 0.29) is 18.6 Å². The maximum atomic E-state index is 12.0. The fourth-order valence-electron chi connectivity index (χ4n) is 2.57. The molecule has 0 fully saturated rings. The van der Waals surface area contributed by atoms with Gasteiger partial charge in [0.15, 0.2) is 18.1 Å². The van der Waals surface area contributed by atoms with Crippen LogP contribution in [0, 0.1) is 0 Å². The summed E-state index contributed by atoms with van der Waals surface area (Å²) in [4.78, 5) is 23.9. The topological polar surface area (TPSA) is 78.8 Å². The summed E-state index contributed by atoms with van der Waals surface area (Å²) >= 11 is 0. The van der Waals surface area contributed by atoms with Crippen LogP contribution in [0.25, 0.3) is 0 Å². The summed E-state index contributed by atoms with van der Waals surface area (Å²) in [5, 5.41) is 2.80. The lowest BCUT2D eigenvalue weighted by Gasteiger charge is -2.21. The van der Waals surface area contributed by atoms with Crippen LogP contribution in [0.1, 0.15) is 29.0 Å². The normalized spacial score (nSPS) is 13.8. The highest BCUT2D eigenvalue weighted by molar-refractivity contribution is 5.90. The van der Waals surface area contributed by atoms with Crippen LogP contribution in [0.5, 0.6) is 11.5 Å². The van der Waals surface area contributed by atoms with E-state index in [1.807, 2.05) is 25.1 Å². The van der Waals surface area contributed by atoms with Crippen molar-refractivity contribution in [3.63, 3.8) is 0 Å². The number of hydrogen-bond acceptors (Lipinski definition) is 5. The number of carbonyl (C=O) groups excluding carboxylic acids is 2. The minimum Gasteiger partial charge on any atom is -0.486 e. The van der Waals surface area contributed by atoms with Crippen LogP contribution >= 0.6 is 0 Å². The minimum atomic E-state index is -0.533. The average Bonchev–Trinajstić information content (AvgIpc) is 3.05. The van der Waals surface area contributed by atoms with Gasteiger partial charge in [-0.3, -0.25) is 4.79 Å². The van der Waals surface area contributed by atoms with Gasteiger partial charge in [0.1, 0.15) is 18.9 Å². The first-order valence-corrected chi connectivity index (χ1v) is 8.02. The molecule has 0 aliphatic carbocycles. The third-order valence-corrected chi connectivity index (χ3v) is 3.93. The Morgan fingerprint density at radius 1 is 1.24 bits per heavy atom. The Kier molecular flexibility index (Phi) is 4.92. The first-order chi connectivity index (χ1) is 12.0. The molecule has 7 nitrogen and oxygen atoms in total. The number of hydrogen-bond donors (Lipinski definition) is 1. The number of nitrogens with one attached hydrogen (secondary N) is 1. The summed E-state index contributed by atoms with van der Waals surface area (Å²) in [6, 6.07) is 8.65. The number of rotatable bonds is 5. The summed E-state index contributed by atoms with van der Waals surface area (Å²) in [7, 11) is 1.74. The number of amides is 1. The fourth-order valence-corrected chi connectivity index (χ4v) is 2.57. The maximum absolute atomic E-state index is 12.0. The van der Waals surface area contributed by atoms with Crippen molar-refractivity contribution in [2.45, 2.75) is 13.0 Å². The lowest BCUT2D eigenvalue weighted by molar-refractivity contribution is -0.124. The Morgan fingerprint density at radius 3 is 2.72 bits per heavy atom. The highest BCUT2D eigenvalue weighted by Gasteiger charge is 2.17. The lowest BCUT2D eigenvalue weighted by atomic mass is 10.1. The molecule has 1 aromatic heterocycles. The summed E-state index contributed by atoms with van der Waals surface area (Å²) in [5.41, 5.74) is 1.28. The molecule has 0 saturated carbocycles. The summed E-state index contributed by atoms with van der Waals surface area (Å²) in [6.45, 7) is 2.55. The molecule has 0 bridgehead atoms. The molecule has 0 unspecified atom stereocenters. The smallest absolute Gasteiger partial charge is 0.355 e. The molecule has 1 aromatic carbocycles. The van der Waals surface area contributed by atoms with Gasteiger partial charge in [-0.2, -0.15) is 0 Å². The number of ether oxygens (including phenoxy) is 3. The molecule has 132 valence electrons. The molecule has 25 heavy (non-hydrogen) atoms. The van der Waals surface area contributed by atoms with E-state index in [0.29, 0.717) is 30.4 Å². The molecular weight excluding hydrogens is 324 g/mol. The SMILES string of the molecule is C[C@@H](NC(=O)COC(=O)c1cccn1C)c1ccc2c(c1)OCCO2. The van der Waals surface area contributed by atoms with Gasteiger partial charge in [-0.15, -0.1) is 0 Å². The van der Waals surface area contributed by atoms with Crippen LogP contribution in [0.3, 0.4) is 0 Å². The molecule has 7 heteroatoms. The fraction of sp³-hybridized carbons (Fsp3) is 0.333. The van der Waals surface area contributed by atoms with E-state index in [1.54, 1.807) is 29.9 Å². The van der Waals surface area contributed by atoms with Gasteiger partial charge in [-0.1, -0.05) is 6.07 Å². The average molecular weight is 344 g/mol. The molecule has 1 aliphatic heterocycles. The van der Waals surface area contributed by atoms with Crippen molar-refractivity contribution in [3.8, 4) is 11.5 Å². The monoisotopic (exact) mass is 344 g/mol. The first-order valence-electron chi connectivity index (χ1n) is 8.02. The van der Waals surface area contributed by atoms with Gasteiger partial charge in [-0.25, -0.2) is 4.79 Å². The summed E-state index contributed by atoms with van der Waals surface area (Å²) in [5.74, 6) is 0.463. The number of fused-ring (bicyclic) bond motifs is 1. The number of aromatic nitrogens is 1. The summed E-state index contributed by atoms with van der Waals surface area (Å²) in [6.07, 6.45) is 1.74. The lowest BCUT2D eigenvalue weighted by Crippen LogP contribution is -2.31. The Balaban J connectivity index is 1.54. The van der Waals surface area contributed by atoms with Gasteiger partial charge < -0.3 is 24.1 Å². The van der Waals surface area contributed by atoms with Gasteiger partial charge in [0.05, 0.1) is 6.04 Å². The second-order valence-electron chi connectivity index (χ2n) is 5.77. The van der Waals surface area contributed by atoms with Crippen molar-refractivity contribution in [1.29, 1.82) is 0 Å². The van der Waals surface area contributed by atoms with E-state index >= 15 is 0 Å². The molecule has 0 spiro atoms. The predicted molar refractivity (Wildman–Crippen MR) is 89.7 cm³/mol. The molecule has 1 N–H and O–H groups in total. The molecule has 2 heterocycles.